The maximum absolute atomic E-state index is 12.3. The number of hydrogen-bond acceptors (Lipinski definition) is 2. The summed E-state index contributed by atoms with van der Waals surface area (Å²) in [4.78, 5) is 12.3. The molecule has 0 aliphatic carbocycles. The molecule has 2 heterocycles. The smallest absolute Gasteiger partial charge is 0.274 e. The number of nitrogens with two attached hydrogens (primary N) is 1. The Morgan fingerprint density at radius 3 is 2.75 bits per heavy atom. The lowest BCUT2D eigenvalue weighted by Gasteiger charge is -2.18. The minimum atomic E-state index is -0.286. The maximum atomic E-state index is 12.3. The van der Waals surface area contributed by atoms with Crippen LogP contribution in [-0.4, -0.2) is 28.6 Å². The Hall–Kier alpha value is -0.410. The average molecular weight is 225 g/mol. The van der Waals surface area contributed by atoms with Crippen molar-refractivity contribution < 1.29 is 9.28 Å². The molecule has 2 fully saturated rings. The standard InChI is InChI=1S/C13H25N2O/c1-10(2)9-11-13(3,14)15(11)8-6-4-5-7-12(15)16/h10-11H,4-9,14H2,1-3H3/q+1. The van der Waals surface area contributed by atoms with E-state index in [1.807, 2.05) is 0 Å². The second kappa shape index (κ2) is 3.81. The van der Waals surface area contributed by atoms with Crippen LogP contribution >= 0.6 is 0 Å². The quantitative estimate of drug-likeness (QED) is 0.577. The number of quaternary nitrogens is 1. The minimum absolute atomic E-state index is 0.286. The molecule has 1 amide bonds. The van der Waals surface area contributed by atoms with Crippen molar-refractivity contribution in [3.63, 3.8) is 0 Å². The van der Waals surface area contributed by atoms with Gasteiger partial charge in [-0.05, 0) is 25.2 Å². The third kappa shape index (κ3) is 1.52. The first-order valence-corrected chi connectivity index (χ1v) is 6.63. The second-order valence-electron chi connectivity index (χ2n) is 6.17. The Balaban J connectivity index is 2.20. The fourth-order valence-electron chi connectivity index (χ4n) is 3.57. The Bertz CT molecular complexity index is 298. The van der Waals surface area contributed by atoms with E-state index in [-0.39, 0.29) is 5.66 Å². The second-order valence-corrected chi connectivity index (χ2v) is 6.17. The van der Waals surface area contributed by atoms with E-state index in [1.165, 1.54) is 6.42 Å². The number of carbonyl (C=O) groups excluding carboxylic acids is 1. The summed E-state index contributed by atoms with van der Waals surface area (Å²) >= 11 is 0. The highest BCUT2D eigenvalue weighted by Gasteiger charge is 2.77. The molecule has 0 radical (unpaired) electrons. The molecule has 0 aromatic heterocycles. The highest BCUT2D eigenvalue weighted by molar-refractivity contribution is 5.72. The molecular weight excluding hydrogens is 200 g/mol. The van der Waals surface area contributed by atoms with Gasteiger partial charge in [0.25, 0.3) is 0 Å². The van der Waals surface area contributed by atoms with Crippen LogP contribution in [0.25, 0.3) is 0 Å². The van der Waals surface area contributed by atoms with Crippen LogP contribution in [0.5, 0.6) is 0 Å². The summed E-state index contributed by atoms with van der Waals surface area (Å²) in [6.07, 6.45) is 5.23. The molecule has 3 atom stereocenters. The molecule has 2 N–H and O–H groups in total. The molecule has 3 nitrogen and oxygen atoms in total. The zero-order valence-corrected chi connectivity index (χ0v) is 10.8. The fourth-order valence-corrected chi connectivity index (χ4v) is 3.57. The van der Waals surface area contributed by atoms with E-state index in [0.717, 1.165) is 32.2 Å². The summed E-state index contributed by atoms with van der Waals surface area (Å²) in [6, 6.07) is 0.373. The van der Waals surface area contributed by atoms with Crippen LogP contribution in [-0.2, 0) is 4.79 Å². The van der Waals surface area contributed by atoms with Crippen LogP contribution < -0.4 is 5.73 Å². The van der Waals surface area contributed by atoms with E-state index in [0.29, 0.717) is 22.3 Å². The van der Waals surface area contributed by atoms with Gasteiger partial charge in [-0.25, -0.2) is 9.28 Å². The summed E-state index contributed by atoms with van der Waals surface area (Å²) < 4.78 is 0.588. The normalized spacial score (nSPS) is 43.8. The molecule has 0 saturated carbocycles. The number of amides is 1. The van der Waals surface area contributed by atoms with Crippen molar-refractivity contribution in [2.75, 3.05) is 6.54 Å². The van der Waals surface area contributed by atoms with Crippen molar-refractivity contribution in [1.82, 2.24) is 0 Å². The summed E-state index contributed by atoms with van der Waals surface area (Å²) in [5.74, 6) is 1.02. The van der Waals surface area contributed by atoms with Crippen molar-refractivity contribution in [1.29, 1.82) is 0 Å². The summed E-state index contributed by atoms with van der Waals surface area (Å²) in [5, 5.41) is 0. The summed E-state index contributed by atoms with van der Waals surface area (Å²) in [7, 11) is 0. The van der Waals surface area contributed by atoms with Gasteiger partial charge in [0.2, 0.25) is 5.66 Å². The van der Waals surface area contributed by atoms with Crippen LogP contribution in [0.3, 0.4) is 0 Å². The lowest BCUT2D eigenvalue weighted by atomic mass is 10.1. The van der Waals surface area contributed by atoms with Gasteiger partial charge in [0, 0.05) is 13.3 Å². The van der Waals surface area contributed by atoms with Crippen molar-refractivity contribution >= 4 is 5.91 Å². The molecule has 92 valence electrons. The number of carbonyl (C=O) groups is 1. The van der Waals surface area contributed by atoms with Gasteiger partial charge in [-0.2, -0.15) is 0 Å². The topological polar surface area (TPSA) is 43.1 Å². The summed E-state index contributed by atoms with van der Waals surface area (Å²) in [5.41, 5.74) is 6.09. The first kappa shape index (κ1) is 12.1. The molecular formula is C13H25N2O+. The van der Waals surface area contributed by atoms with E-state index in [4.69, 9.17) is 5.73 Å². The van der Waals surface area contributed by atoms with Crippen LogP contribution in [0.2, 0.25) is 0 Å². The molecule has 2 aliphatic rings. The van der Waals surface area contributed by atoms with E-state index in [2.05, 4.69) is 20.8 Å². The van der Waals surface area contributed by atoms with Crippen LogP contribution in [0.1, 0.15) is 52.9 Å². The van der Waals surface area contributed by atoms with Crippen LogP contribution in [0.4, 0.5) is 0 Å². The van der Waals surface area contributed by atoms with E-state index in [9.17, 15) is 4.79 Å². The van der Waals surface area contributed by atoms with Gasteiger partial charge < -0.3 is 0 Å². The molecule has 3 heteroatoms. The molecule has 3 unspecified atom stereocenters. The first-order valence-electron chi connectivity index (χ1n) is 6.63. The maximum Gasteiger partial charge on any atom is 0.315 e. The third-order valence-corrected chi connectivity index (χ3v) is 4.54. The predicted octanol–water partition coefficient (Wildman–Crippen LogP) is 2.01. The highest BCUT2D eigenvalue weighted by Crippen LogP contribution is 2.51. The lowest BCUT2D eigenvalue weighted by Crippen LogP contribution is -2.44. The molecule has 2 rings (SSSR count). The van der Waals surface area contributed by atoms with Gasteiger partial charge in [0.15, 0.2) is 6.04 Å². The lowest BCUT2D eigenvalue weighted by molar-refractivity contribution is -0.763. The Morgan fingerprint density at radius 2 is 2.12 bits per heavy atom. The van der Waals surface area contributed by atoms with Crippen molar-refractivity contribution in [2.45, 2.75) is 64.6 Å². The van der Waals surface area contributed by atoms with Gasteiger partial charge >= 0.3 is 5.91 Å². The van der Waals surface area contributed by atoms with Crippen LogP contribution in [0.15, 0.2) is 0 Å². The third-order valence-electron chi connectivity index (χ3n) is 4.54. The monoisotopic (exact) mass is 225 g/mol. The zero-order chi connectivity index (χ0) is 12.0. The molecule has 0 bridgehead atoms. The van der Waals surface area contributed by atoms with Gasteiger partial charge in [0.1, 0.15) is 0 Å². The van der Waals surface area contributed by atoms with Gasteiger partial charge in [-0.15, -0.1) is 0 Å². The van der Waals surface area contributed by atoms with Gasteiger partial charge in [-0.1, -0.05) is 13.8 Å². The first-order chi connectivity index (χ1) is 7.43. The fraction of sp³-hybridized carbons (Fsp3) is 0.923. The largest absolute Gasteiger partial charge is 0.315 e. The molecule has 1 spiro atoms. The van der Waals surface area contributed by atoms with E-state index < -0.39 is 0 Å². The average Bonchev–Trinajstić information content (AvgIpc) is 2.71. The number of nitrogens with zero attached hydrogens (tertiary/aromatic N) is 1. The Morgan fingerprint density at radius 1 is 1.44 bits per heavy atom. The van der Waals surface area contributed by atoms with Crippen molar-refractivity contribution in [2.24, 2.45) is 11.7 Å². The van der Waals surface area contributed by atoms with E-state index >= 15 is 0 Å². The minimum Gasteiger partial charge on any atom is -0.274 e. The zero-order valence-electron chi connectivity index (χ0n) is 10.8. The van der Waals surface area contributed by atoms with E-state index in [1.54, 1.807) is 0 Å². The SMILES string of the molecule is CC(C)CC1C(C)(N)[N+]12CCCCCC2=O. The molecule has 2 aliphatic heterocycles. The Kier molecular flexibility index (Phi) is 2.87. The van der Waals surface area contributed by atoms with Crippen molar-refractivity contribution in [3.8, 4) is 0 Å². The molecule has 0 aromatic rings. The van der Waals surface area contributed by atoms with Crippen molar-refractivity contribution in [3.05, 3.63) is 0 Å². The molecule has 0 aromatic carbocycles. The van der Waals surface area contributed by atoms with Gasteiger partial charge in [0.05, 0.1) is 13.0 Å². The van der Waals surface area contributed by atoms with Gasteiger partial charge in [-0.3, -0.25) is 5.73 Å². The molecule has 2 saturated heterocycles. The number of rotatable bonds is 2. The Labute approximate surface area is 98.6 Å². The summed E-state index contributed by atoms with van der Waals surface area (Å²) in [6.45, 7) is 7.48. The van der Waals surface area contributed by atoms with Crippen LogP contribution in [0, 0.1) is 5.92 Å². The molecule has 16 heavy (non-hydrogen) atoms. The highest BCUT2D eigenvalue weighted by atomic mass is 16.2. The predicted molar refractivity (Wildman–Crippen MR) is 64.4 cm³/mol. The number of hydrogen-bond donors (Lipinski definition) is 1.